The first-order valence-electron chi connectivity index (χ1n) is 12.0. The summed E-state index contributed by atoms with van der Waals surface area (Å²) in [6, 6.07) is 7.86. The number of esters is 2. The molecule has 2 saturated carbocycles. The Kier molecular flexibility index (Phi) is 8.05. The van der Waals surface area contributed by atoms with Crippen molar-refractivity contribution in [3.63, 3.8) is 0 Å². The summed E-state index contributed by atoms with van der Waals surface area (Å²) in [5.74, 6) is -2.50. The van der Waals surface area contributed by atoms with E-state index in [0.29, 0.717) is 5.56 Å². The highest BCUT2D eigenvalue weighted by Gasteiger charge is 2.64. The second-order valence-electron chi connectivity index (χ2n) is 9.20. The van der Waals surface area contributed by atoms with Crippen LogP contribution in [0.5, 0.6) is 0 Å². The van der Waals surface area contributed by atoms with Crippen LogP contribution < -0.4 is 5.32 Å². The summed E-state index contributed by atoms with van der Waals surface area (Å²) in [6.45, 7) is 2.56. The Hall–Kier alpha value is -2.53. The van der Waals surface area contributed by atoms with E-state index < -0.39 is 54.3 Å². The van der Waals surface area contributed by atoms with E-state index in [0.717, 1.165) is 32.1 Å². The lowest BCUT2D eigenvalue weighted by Crippen LogP contribution is -2.52. The number of methoxy groups -OCH3 is 1. The lowest BCUT2D eigenvalue weighted by Gasteiger charge is -2.36. The second kappa shape index (κ2) is 11.0. The fourth-order valence-electron chi connectivity index (χ4n) is 5.21. The van der Waals surface area contributed by atoms with Gasteiger partial charge in [0.05, 0.1) is 6.04 Å². The van der Waals surface area contributed by atoms with E-state index >= 15 is 0 Å². The molecule has 1 amide bonds. The molecule has 2 aliphatic carbocycles. The SMILES string of the molecule is COCO[C@H]1[C@@H](NC(C)=O)[C@@H](OC(=O)[C@H](OC(C)=O)c2ccccc2)[C@H]2OC3(CCCCC3)O[C@H]21. The Bertz CT molecular complexity index is 901. The minimum absolute atomic E-state index is 0.0406. The minimum Gasteiger partial charge on any atom is -0.454 e. The molecule has 0 bridgehead atoms. The third-order valence-corrected chi connectivity index (χ3v) is 6.60. The molecule has 6 atom stereocenters. The smallest absolute Gasteiger partial charge is 0.352 e. The van der Waals surface area contributed by atoms with Crippen molar-refractivity contribution < 1.29 is 42.8 Å². The molecular weight excluding hydrogens is 458 g/mol. The van der Waals surface area contributed by atoms with E-state index in [2.05, 4.69) is 5.32 Å². The largest absolute Gasteiger partial charge is 0.454 e. The lowest BCUT2D eigenvalue weighted by atomic mass is 9.94. The van der Waals surface area contributed by atoms with Crippen molar-refractivity contribution in [2.75, 3.05) is 13.9 Å². The molecule has 3 aliphatic rings. The molecular formula is C25H33NO9. The molecule has 1 saturated heterocycles. The predicted octanol–water partition coefficient (Wildman–Crippen LogP) is 2.15. The zero-order valence-electron chi connectivity index (χ0n) is 20.3. The van der Waals surface area contributed by atoms with Crippen LogP contribution in [-0.4, -0.2) is 68.0 Å². The van der Waals surface area contributed by atoms with Crippen molar-refractivity contribution in [3.05, 3.63) is 35.9 Å². The topological polar surface area (TPSA) is 119 Å². The third-order valence-electron chi connectivity index (χ3n) is 6.60. The summed E-state index contributed by atoms with van der Waals surface area (Å²) in [5, 5.41) is 2.83. The number of hydrogen-bond donors (Lipinski definition) is 1. The number of benzene rings is 1. The van der Waals surface area contributed by atoms with Crippen molar-refractivity contribution in [1.82, 2.24) is 5.32 Å². The number of hydrogen-bond acceptors (Lipinski definition) is 9. The first-order valence-corrected chi connectivity index (χ1v) is 12.0. The highest BCUT2D eigenvalue weighted by atomic mass is 16.8. The Morgan fingerprint density at radius 3 is 2.29 bits per heavy atom. The van der Waals surface area contributed by atoms with Crippen LogP contribution >= 0.6 is 0 Å². The van der Waals surface area contributed by atoms with Gasteiger partial charge in [0.25, 0.3) is 0 Å². The molecule has 1 aromatic rings. The van der Waals surface area contributed by atoms with Crippen LogP contribution in [0.1, 0.15) is 57.6 Å². The third kappa shape index (κ3) is 5.66. The van der Waals surface area contributed by atoms with Crippen molar-refractivity contribution in [2.45, 2.75) is 88.3 Å². The van der Waals surface area contributed by atoms with Crippen LogP contribution in [0.4, 0.5) is 0 Å². The zero-order chi connectivity index (χ0) is 25.0. The number of ether oxygens (including phenoxy) is 6. The normalized spacial score (nSPS) is 29.9. The van der Waals surface area contributed by atoms with Crippen molar-refractivity contribution in [1.29, 1.82) is 0 Å². The average Bonchev–Trinajstić information content (AvgIpc) is 3.30. The van der Waals surface area contributed by atoms with Gasteiger partial charge in [-0.15, -0.1) is 0 Å². The van der Waals surface area contributed by atoms with Gasteiger partial charge in [0.2, 0.25) is 12.0 Å². The fraction of sp³-hybridized carbons (Fsp3) is 0.640. The maximum atomic E-state index is 13.4. The van der Waals surface area contributed by atoms with Gasteiger partial charge in [0.15, 0.2) is 11.9 Å². The molecule has 1 aromatic carbocycles. The number of carbonyl (C=O) groups is 3. The van der Waals surface area contributed by atoms with Crippen LogP contribution in [0.15, 0.2) is 30.3 Å². The summed E-state index contributed by atoms with van der Waals surface area (Å²) >= 11 is 0. The number of rotatable bonds is 8. The van der Waals surface area contributed by atoms with Gasteiger partial charge in [0.1, 0.15) is 25.1 Å². The number of carbonyl (C=O) groups excluding carboxylic acids is 3. The van der Waals surface area contributed by atoms with Gasteiger partial charge in [0, 0.05) is 39.4 Å². The molecule has 10 heteroatoms. The number of amides is 1. The molecule has 1 N–H and O–H groups in total. The quantitative estimate of drug-likeness (QED) is 0.431. The standard InChI is InChI=1S/C25H33NO9/c1-15(27)26-18-20(31-14-30-3)22-23(35-25(34-22)12-8-5-9-13-25)21(18)33-24(29)19(32-16(2)28)17-10-6-4-7-11-17/h4,6-7,10-11,18-23H,5,8-9,12-14H2,1-3H3,(H,26,27)/t18-,19-,20+,21-,22+,23-/m1/s1. The minimum atomic E-state index is -1.27. The second-order valence-corrected chi connectivity index (χ2v) is 9.20. The first-order chi connectivity index (χ1) is 16.8. The number of fused-ring (bicyclic) bond motifs is 1. The molecule has 10 nitrogen and oxygen atoms in total. The van der Waals surface area contributed by atoms with E-state index in [1.54, 1.807) is 30.3 Å². The fourth-order valence-corrected chi connectivity index (χ4v) is 5.21. The molecule has 3 fully saturated rings. The lowest BCUT2D eigenvalue weighted by molar-refractivity contribution is -0.227. The van der Waals surface area contributed by atoms with Crippen molar-refractivity contribution >= 4 is 17.8 Å². The van der Waals surface area contributed by atoms with E-state index in [9.17, 15) is 14.4 Å². The maximum Gasteiger partial charge on any atom is 0.352 e. The van der Waals surface area contributed by atoms with Gasteiger partial charge in [-0.05, 0) is 12.8 Å². The summed E-state index contributed by atoms with van der Waals surface area (Å²) in [7, 11) is 1.50. The average molecular weight is 492 g/mol. The van der Waals surface area contributed by atoms with Gasteiger partial charge in [-0.25, -0.2) is 4.79 Å². The number of nitrogens with one attached hydrogen (secondary N) is 1. The van der Waals surface area contributed by atoms with Gasteiger partial charge in [-0.1, -0.05) is 36.8 Å². The summed E-state index contributed by atoms with van der Waals surface area (Å²) in [4.78, 5) is 37.2. The van der Waals surface area contributed by atoms with Crippen LogP contribution in [0.2, 0.25) is 0 Å². The van der Waals surface area contributed by atoms with E-state index in [4.69, 9.17) is 28.4 Å². The molecule has 0 unspecified atom stereocenters. The van der Waals surface area contributed by atoms with Crippen LogP contribution in [-0.2, 0) is 42.8 Å². The molecule has 0 radical (unpaired) electrons. The van der Waals surface area contributed by atoms with Crippen LogP contribution in [0, 0.1) is 0 Å². The van der Waals surface area contributed by atoms with Crippen molar-refractivity contribution in [2.24, 2.45) is 0 Å². The Labute approximate surface area is 204 Å². The molecule has 1 heterocycles. The maximum absolute atomic E-state index is 13.4. The van der Waals surface area contributed by atoms with Crippen LogP contribution in [0.3, 0.4) is 0 Å². The monoisotopic (exact) mass is 491 g/mol. The zero-order valence-corrected chi connectivity index (χ0v) is 20.3. The van der Waals surface area contributed by atoms with Crippen molar-refractivity contribution in [3.8, 4) is 0 Å². The van der Waals surface area contributed by atoms with Gasteiger partial charge in [-0.2, -0.15) is 0 Å². The first kappa shape index (κ1) is 25.6. The van der Waals surface area contributed by atoms with E-state index in [-0.39, 0.29) is 12.7 Å². The van der Waals surface area contributed by atoms with Gasteiger partial charge < -0.3 is 33.7 Å². The summed E-state index contributed by atoms with van der Waals surface area (Å²) in [5.41, 5.74) is 0.470. The molecule has 4 rings (SSSR count). The highest BCUT2D eigenvalue weighted by molar-refractivity contribution is 5.80. The van der Waals surface area contributed by atoms with E-state index in [1.807, 2.05) is 0 Å². The Balaban J connectivity index is 1.62. The molecule has 192 valence electrons. The Morgan fingerprint density at radius 1 is 1.03 bits per heavy atom. The van der Waals surface area contributed by atoms with Gasteiger partial charge in [-0.3, -0.25) is 9.59 Å². The summed E-state index contributed by atoms with van der Waals surface area (Å²) in [6.07, 6.45) is 0.345. The highest BCUT2D eigenvalue weighted by Crippen LogP contribution is 2.47. The Morgan fingerprint density at radius 2 is 1.69 bits per heavy atom. The molecule has 0 aromatic heterocycles. The van der Waals surface area contributed by atoms with Crippen LogP contribution in [0.25, 0.3) is 0 Å². The summed E-state index contributed by atoms with van der Waals surface area (Å²) < 4.78 is 35.1. The van der Waals surface area contributed by atoms with E-state index in [1.165, 1.54) is 21.0 Å². The predicted molar refractivity (Wildman–Crippen MR) is 121 cm³/mol. The molecule has 1 aliphatic heterocycles. The molecule has 35 heavy (non-hydrogen) atoms. The molecule has 1 spiro atoms. The van der Waals surface area contributed by atoms with Gasteiger partial charge >= 0.3 is 11.9 Å².